The number of morpholine rings is 1. The van der Waals surface area contributed by atoms with Crippen molar-refractivity contribution in [3.05, 3.63) is 64.1 Å². The minimum Gasteiger partial charge on any atom is -0.378 e. The molecular weight excluding hydrogens is 558 g/mol. The number of hydrogen-bond acceptors (Lipinski definition) is 8. The van der Waals surface area contributed by atoms with Gasteiger partial charge in [-0.15, -0.1) is 0 Å². The van der Waals surface area contributed by atoms with E-state index < -0.39 is 34.6 Å². The summed E-state index contributed by atoms with van der Waals surface area (Å²) in [5, 5.41) is 2.57. The molecule has 0 radical (unpaired) electrons. The van der Waals surface area contributed by atoms with Crippen molar-refractivity contribution in [2.75, 3.05) is 68.1 Å². The van der Waals surface area contributed by atoms with Crippen molar-refractivity contribution in [1.82, 2.24) is 19.9 Å². The zero-order valence-electron chi connectivity index (χ0n) is 22.7. The molecule has 3 aromatic rings. The van der Waals surface area contributed by atoms with Crippen molar-refractivity contribution in [3.63, 3.8) is 0 Å². The van der Waals surface area contributed by atoms with Crippen LogP contribution in [0.2, 0.25) is 0 Å². The quantitative estimate of drug-likeness (QED) is 0.439. The number of carbonyl (C=O) groups is 1. The topological polar surface area (TPSA) is 107 Å². The van der Waals surface area contributed by atoms with E-state index in [0.29, 0.717) is 68.6 Å². The molecule has 0 bridgehead atoms. The van der Waals surface area contributed by atoms with Crippen molar-refractivity contribution >= 4 is 23.2 Å². The van der Waals surface area contributed by atoms with E-state index >= 15 is 4.39 Å². The van der Waals surface area contributed by atoms with E-state index in [0.717, 1.165) is 19.2 Å². The molecule has 5 heterocycles. The lowest BCUT2D eigenvalue weighted by Gasteiger charge is -2.27. The van der Waals surface area contributed by atoms with E-state index in [1.54, 1.807) is 0 Å². The van der Waals surface area contributed by atoms with E-state index in [2.05, 4.69) is 25.2 Å². The highest BCUT2D eigenvalue weighted by Gasteiger charge is 2.41. The number of benzene rings is 1. The van der Waals surface area contributed by atoms with E-state index in [1.807, 2.05) is 16.8 Å². The van der Waals surface area contributed by atoms with Gasteiger partial charge in [0.05, 0.1) is 35.7 Å². The first kappa shape index (κ1) is 28.1. The number of aromatic nitrogens is 3. The van der Waals surface area contributed by atoms with Crippen molar-refractivity contribution in [2.24, 2.45) is 5.92 Å². The number of nitrogens with one attached hydrogen (secondary N) is 2. The fourth-order valence-electron chi connectivity index (χ4n) is 5.99. The summed E-state index contributed by atoms with van der Waals surface area (Å²) < 4.78 is 62.2. The molecule has 3 aliphatic rings. The van der Waals surface area contributed by atoms with Crippen LogP contribution in [0.3, 0.4) is 0 Å². The zero-order valence-corrected chi connectivity index (χ0v) is 22.7. The lowest BCUT2D eigenvalue weighted by atomic mass is 10.0. The van der Waals surface area contributed by atoms with Crippen molar-refractivity contribution in [2.45, 2.75) is 18.6 Å². The van der Waals surface area contributed by atoms with Crippen LogP contribution in [-0.4, -0.2) is 84.8 Å². The Morgan fingerprint density at radius 1 is 1.07 bits per heavy atom. The smallest absolute Gasteiger partial charge is 0.378 e. The number of likely N-dealkylation sites (tertiary alicyclic amines) is 1. The molecule has 14 heteroatoms. The number of anilines is 3. The molecule has 222 valence electrons. The van der Waals surface area contributed by atoms with Gasteiger partial charge in [0.2, 0.25) is 11.5 Å². The number of likely N-dealkylation sites (N-methyl/N-ethyl adjacent to an activating group) is 1. The summed E-state index contributed by atoms with van der Waals surface area (Å²) in [5.41, 5.74) is -2.20. The molecule has 0 spiro atoms. The van der Waals surface area contributed by atoms with Gasteiger partial charge in [-0.25, -0.2) is 14.4 Å². The molecule has 10 nitrogen and oxygen atoms in total. The van der Waals surface area contributed by atoms with Gasteiger partial charge in [-0.2, -0.15) is 13.2 Å². The van der Waals surface area contributed by atoms with Crippen LogP contribution in [0, 0.1) is 11.7 Å². The Balaban J connectivity index is 1.37. The Morgan fingerprint density at radius 3 is 2.50 bits per heavy atom. The number of carbonyl (C=O) groups excluding carboxylic acids is 1. The maximum absolute atomic E-state index is 15.7. The summed E-state index contributed by atoms with van der Waals surface area (Å²) in [6.07, 6.45) is -0.286. The standard InChI is InChI=1S/C28H29F4N7O3/c1-37-3-2-16-14-39(15-24(16)37)23-10-21(29)18(17-11-34-27(35-12-17)38-4-6-42-7-5-38)8-22(23)36-26(41)19-13-33-25(40)9-20(19)28(30,31)32/h8-13,16,24H,2-7,14-15H2,1H3,(H,33,40)(H,36,41)/t16-,24+/m1/s1. The SMILES string of the molecule is CN1CC[C@@H]2CN(c3cc(F)c(-c4cnc(N5CCOCC5)nc4)cc3NC(=O)c3c[nH]c(=O)cc3C(F)(F)F)C[C@@H]21. The maximum atomic E-state index is 15.7. The average molecular weight is 588 g/mol. The molecule has 2 aromatic heterocycles. The summed E-state index contributed by atoms with van der Waals surface area (Å²) in [4.78, 5) is 41.9. The predicted octanol–water partition coefficient (Wildman–Crippen LogP) is 3.22. The lowest BCUT2D eigenvalue weighted by Crippen LogP contribution is -2.37. The van der Waals surface area contributed by atoms with E-state index in [1.165, 1.54) is 24.5 Å². The highest BCUT2D eigenvalue weighted by atomic mass is 19.4. The molecule has 42 heavy (non-hydrogen) atoms. The molecule has 1 aromatic carbocycles. The van der Waals surface area contributed by atoms with Gasteiger partial charge in [0.1, 0.15) is 5.82 Å². The molecule has 6 rings (SSSR count). The Hall–Kier alpha value is -4.04. The normalized spacial score (nSPS) is 21.1. The second-order valence-electron chi connectivity index (χ2n) is 10.8. The molecule has 2 N–H and O–H groups in total. The summed E-state index contributed by atoms with van der Waals surface area (Å²) in [6, 6.07) is 3.27. The third kappa shape index (κ3) is 5.43. The van der Waals surface area contributed by atoms with Gasteiger partial charge in [-0.3, -0.25) is 9.59 Å². The molecule has 0 unspecified atom stereocenters. The molecule has 0 saturated carbocycles. The molecule has 1 amide bonds. The number of pyridine rings is 1. The Labute approximate surface area is 238 Å². The number of ether oxygens (including phenoxy) is 1. The number of rotatable bonds is 5. The van der Waals surface area contributed by atoms with Crippen molar-refractivity contribution in [1.29, 1.82) is 0 Å². The monoisotopic (exact) mass is 587 g/mol. The Bertz CT molecular complexity index is 1540. The van der Waals surface area contributed by atoms with Gasteiger partial charge in [0, 0.05) is 68.0 Å². The minimum absolute atomic E-state index is 0.0802. The molecular formula is C28H29F4N7O3. The van der Waals surface area contributed by atoms with E-state index in [9.17, 15) is 22.8 Å². The van der Waals surface area contributed by atoms with Gasteiger partial charge >= 0.3 is 6.18 Å². The Morgan fingerprint density at radius 2 is 1.81 bits per heavy atom. The first-order valence-electron chi connectivity index (χ1n) is 13.6. The lowest BCUT2D eigenvalue weighted by molar-refractivity contribution is -0.138. The number of alkyl halides is 3. The molecule has 3 aliphatic heterocycles. The van der Waals surface area contributed by atoms with Crippen LogP contribution in [0.25, 0.3) is 11.1 Å². The van der Waals surface area contributed by atoms with Crippen LogP contribution in [0.4, 0.5) is 34.9 Å². The molecule has 0 aliphatic carbocycles. The van der Waals surface area contributed by atoms with Gasteiger partial charge in [0.25, 0.3) is 5.91 Å². The number of fused-ring (bicyclic) bond motifs is 1. The van der Waals surface area contributed by atoms with Crippen LogP contribution in [0.15, 0.2) is 41.6 Å². The van der Waals surface area contributed by atoms with E-state index in [4.69, 9.17) is 4.74 Å². The number of hydrogen-bond donors (Lipinski definition) is 2. The van der Waals surface area contributed by atoms with Gasteiger partial charge in [-0.05, 0) is 38.1 Å². The maximum Gasteiger partial charge on any atom is 0.417 e. The third-order valence-electron chi connectivity index (χ3n) is 8.22. The summed E-state index contributed by atoms with van der Waals surface area (Å²) in [5.74, 6) is -0.861. The van der Waals surface area contributed by atoms with Crippen LogP contribution >= 0.6 is 0 Å². The van der Waals surface area contributed by atoms with Gasteiger partial charge in [0.15, 0.2) is 0 Å². The fraction of sp³-hybridized carbons (Fsp3) is 0.429. The highest BCUT2D eigenvalue weighted by molar-refractivity contribution is 6.07. The number of aromatic amines is 1. The van der Waals surface area contributed by atoms with Crippen LogP contribution in [0.1, 0.15) is 22.3 Å². The van der Waals surface area contributed by atoms with E-state index in [-0.39, 0.29) is 17.3 Å². The second-order valence-corrected chi connectivity index (χ2v) is 10.8. The molecule has 2 atom stereocenters. The molecule has 3 saturated heterocycles. The van der Waals surface area contributed by atoms with Gasteiger partial charge < -0.3 is 29.7 Å². The van der Waals surface area contributed by atoms with Crippen molar-refractivity contribution < 1.29 is 27.1 Å². The predicted molar refractivity (Wildman–Crippen MR) is 147 cm³/mol. The number of H-pyrrole nitrogens is 1. The average Bonchev–Trinajstić information content (AvgIpc) is 3.55. The largest absolute Gasteiger partial charge is 0.417 e. The fourth-order valence-corrected chi connectivity index (χ4v) is 5.99. The minimum atomic E-state index is -4.94. The first-order valence-corrected chi connectivity index (χ1v) is 13.6. The van der Waals surface area contributed by atoms with Crippen LogP contribution < -0.4 is 20.7 Å². The number of nitrogens with zero attached hydrogens (tertiary/aromatic N) is 5. The summed E-state index contributed by atoms with van der Waals surface area (Å²) in [7, 11) is 2.02. The van der Waals surface area contributed by atoms with Crippen LogP contribution in [-0.2, 0) is 10.9 Å². The first-order chi connectivity index (χ1) is 20.1. The number of amides is 1. The van der Waals surface area contributed by atoms with Crippen molar-refractivity contribution in [3.8, 4) is 11.1 Å². The summed E-state index contributed by atoms with van der Waals surface area (Å²) in [6.45, 7) is 4.47. The Kier molecular flexibility index (Phi) is 7.35. The highest BCUT2D eigenvalue weighted by Crippen LogP contribution is 2.40. The van der Waals surface area contributed by atoms with Gasteiger partial charge in [-0.1, -0.05) is 0 Å². The molecule has 3 fully saturated rings. The summed E-state index contributed by atoms with van der Waals surface area (Å²) >= 11 is 0. The second kappa shape index (κ2) is 11.0. The zero-order chi connectivity index (χ0) is 29.6. The number of halogens is 4. The third-order valence-corrected chi connectivity index (χ3v) is 8.22. The van der Waals surface area contributed by atoms with Crippen LogP contribution in [0.5, 0.6) is 0 Å².